The Morgan fingerprint density at radius 3 is 2.04 bits per heavy atom. The number of nitrogens with one attached hydrogen (secondary N) is 2. The number of para-hydroxylation sites is 2. The van der Waals surface area contributed by atoms with Crippen LogP contribution in [0.5, 0.6) is 0 Å². The van der Waals surface area contributed by atoms with E-state index in [9.17, 15) is 10.1 Å². The van der Waals surface area contributed by atoms with E-state index in [1.54, 1.807) is 6.07 Å². The predicted molar refractivity (Wildman–Crippen MR) is 106 cm³/mol. The first-order valence-corrected chi connectivity index (χ1v) is 8.47. The van der Waals surface area contributed by atoms with Crippen LogP contribution in [0.3, 0.4) is 0 Å². The fourth-order valence-corrected chi connectivity index (χ4v) is 2.73. The van der Waals surface area contributed by atoms with E-state index < -0.39 is 11.9 Å². The molecule has 3 aromatic carbocycles. The molecule has 0 saturated heterocycles. The molecule has 1 atom stereocenters. The van der Waals surface area contributed by atoms with Gasteiger partial charge in [0.2, 0.25) is 0 Å². The third-order valence-corrected chi connectivity index (χ3v) is 4.04. The Hall–Kier alpha value is -3.78. The number of anilines is 4. The van der Waals surface area contributed by atoms with Crippen LogP contribution in [0.2, 0.25) is 0 Å². The maximum Gasteiger partial charge on any atom is 0.327 e. The van der Waals surface area contributed by atoms with E-state index in [-0.39, 0.29) is 0 Å². The molecule has 3 rings (SSSR count). The van der Waals surface area contributed by atoms with Crippen LogP contribution in [0.4, 0.5) is 22.7 Å². The molecule has 1 unspecified atom stereocenters. The predicted octanol–water partition coefficient (Wildman–Crippen LogP) is 4.95. The van der Waals surface area contributed by atoms with Gasteiger partial charge in [-0.15, -0.1) is 0 Å². The van der Waals surface area contributed by atoms with E-state index >= 15 is 0 Å². The van der Waals surface area contributed by atoms with Crippen LogP contribution in [0.1, 0.15) is 11.5 Å². The number of ether oxygens (including phenoxy) is 1. The zero-order valence-corrected chi connectivity index (χ0v) is 14.8. The number of esters is 1. The van der Waals surface area contributed by atoms with Crippen molar-refractivity contribution in [3.63, 3.8) is 0 Å². The summed E-state index contributed by atoms with van der Waals surface area (Å²) in [6, 6.07) is 26.8. The van der Waals surface area contributed by atoms with Gasteiger partial charge in [-0.2, -0.15) is 5.26 Å². The highest BCUT2D eigenvalue weighted by atomic mass is 16.5. The summed E-state index contributed by atoms with van der Waals surface area (Å²) in [5.41, 5.74) is 3.78. The van der Waals surface area contributed by atoms with Crippen molar-refractivity contribution in [2.24, 2.45) is 0 Å². The maximum atomic E-state index is 12.1. The third kappa shape index (κ3) is 4.44. The van der Waals surface area contributed by atoms with Crippen LogP contribution >= 0.6 is 0 Å². The van der Waals surface area contributed by atoms with E-state index in [2.05, 4.69) is 10.6 Å². The molecule has 134 valence electrons. The van der Waals surface area contributed by atoms with Gasteiger partial charge in [0.1, 0.15) is 0 Å². The summed E-state index contributed by atoms with van der Waals surface area (Å²) >= 11 is 0. The molecule has 0 radical (unpaired) electrons. The summed E-state index contributed by atoms with van der Waals surface area (Å²) < 4.78 is 4.81. The first-order valence-electron chi connectivity index (χ1n) is 8.47. The molecule has 0 aliphatic heterocycles. The highest BCUT2D eigenvalue weighted by Gasteiger charge is 2.24. The lowest BCUT2D eigenvalue weighted by Crippen LogP contribution is -2.14. The number of hydrogen-bond donors (Lipinski definition) is 2. The zero-order chi connectivity index (χ0) is 19.1. The SMILES string of the molecule is COC(=O)C(C#N)c1cc(Nc2ccccc2)ccc1Nc1ccccc1. The second-order valence-corrected chi connectivity index (χ2v) is 5.87. The fourth-order valence-electron chi connectivity index (χ4n) is 2.73. The van der Waals surface area contributed by atoms with Gasteiger partial charge in [0.05, 0.1) is 13.2 Å². The van der Waals surface area contributed by atoms with Crippen LogP contribution < -0.4 is 10.6 Å². The summed E-state index contributed by atoms with van der Waals surface area (Å²) in [4.78, 5) is 12.1. The lowest BCUT2D eigenvalue weighted by Gasteiger charge is -2.17. The Morgan fingerprint density at radius 2 is 1.48 bits per heavy atom. The van der Waals surface area contributed by atoms with Gasteiger partial charge in [0, 0.05) is 28.3 Å². The van der Waals surface area contributed by atoms with Gasteiger partial charge in [-0.1, -0.05) is 36.4 Å². The van der Waals surface area contributed by atoms with Crippen LogP contribution in [0, 0.1) is 11.3 Å². The van der Waals surface area contributed by atoms with Crippen molar-refractivity contribution in [2.75, 3.05) is 17.7 Å². The molecule has 5 nitrogen and oxygen atoms in total. The van der Waals surface area contributed by atoms with Crippen molar-refractivity contribution in [2.45, 2.75) is 5.92 Å². The molecule has 0 bridgehead atoms. The van der Waals surface area contributed by atoms with Crippen LogP contribution in [0.25, 0.3) is 0 Å². The number of rotatable bonds is 6. The monoisotopic (exact) mass is 357 g/mol. The van der Waals surface area contributed by atoms with Gasteiger partial charge in [-0.25, -0.2) is 0 Å². The molecule has 27 heavy (non-hydrogen) atoms. The van der Waals surface area contributed by atoms with E-state index in [0.717, 1.165) is 17.1 Å². The Morgan fingerprint density at radius 1 is 0.889 bits per heavy atom. The summed E-state index contributed by atoms with van der Waals surface area (Å²) in [5, 5.41) is 16.1. The molecule has 0 aromatic heterocycles. The van der Waals surface area contributed by atoms with Crippen LogP contribution in [-0.2, 0) is 9.53 Å². The molecule has 0 aliphatic rings. The summed E-state index contributed by atoms with van der Waals surface area (Å²) in [5.74, 6) is -1.62. The molecule has 0 spiro atoms. The number of carbonyl (C=O) groups excluding carboxylic acids is 1. The average molecular weight is 357 g/mol. The maximum absolute atomic E-state index is 12.1. The minimum atomic E-state index is -1.03. The molecular formula is C22H19N3O2. The Bertz CT molecular complexity index is 950. The number of nitrogens with zero attached hydrogens (tertiary/aromatic N) is 1. The average Bonchev–Trinajstić information content (AvgIpc) is 2.71. The van der Waals surface area contributed by atoms with Gasteiger partial charge >= 0.3 is 5.97 Å². The molecule has 0 heterocycles. The van der Waals surface area contributed by atoms with Crippen LogP contribution in [-0.4, -0.2) is 13.1 Å². The van der Waals surface area contributed by atoms with Crippen molar-refractivity contribution < 1.29 is 9.53 Å². The van der Waals surface area contributed by atoms with Crippen molar-refractivity contribution in [3.8, 4) is 6.07 Å². The number of nitriles is 1. The van der Waals surface area contributed by atoms with Crippen molar-refractivity contribution in [3.05, 3.63) is 84.4 Å². The Labute approximate surface area is 158 Å². The summed E-state index contributed by atoms with van der Waals surface area (Å²) in [6.45, 7) is 0. The van der Waals surface area contributed by atoms with E-state index in [4.69, 9.17) is 4.74 Å². The minimum Gasteiger partial charge on any atom is -0.468 e. The zero-order valence-electron chi connectivity index (χ0n) is 14.8. The number of carbonyl (C=O) groups is 1. The number of hydrogen-bond acceptors (Lipinski definition) is 5. The van der Waals surface area contributed by atoms with Crippen molar-refractivity contribution in [1.82, 2.24) is 0 Å². The lowest BCUT2D eigenvalue weighted by atomic mass is 9.97. The Balaban J connectivity index is 1.99. The molecule has 5 heteroatoms. The number of benzene rings is 3. The Kier molecular flexibility index (Phi) is 5.70. The van der Waals surface area contributed by atoms with Gasteiger partial charge in [-0.05, 0) is 42.5 Å². The second-order valence-electron chi connectivity index (χ2n) is 5.87. The van der Waals surface area contributed by atoms with E-state index in [0.29, 0.717) is 11.3 Å². The topological polar surface area (TPSA) is 74.2 Å². The fraction of sp³-hybridized carbons (Fsp3) is 0.0909. The third-order valence-electron chi connectivity index (χ3n) is 4.04. The molecule has 0 amide bonds. The quantitative estimate of drug-likeness (QED) is 0.610. The van der Waals surface area contributed by atoms with E-state index in [1.807, 2.05) is 78.9 Å². The van der Waals surface area contributed by atoms with Crippen molar-refractivity contribution in [1.29, 1.82) is 5.26 Å². The minimum absolute atomic E-state index is 0.550. The molecule has 2 N–H and O–H groups in total. The summed E-state index contributed by atoms with van der Waals surface area (Å²) in [7, 11) is 1.28. The lowest BCUT2D eigenvalue weighted by molar-refractivity contribution is -0.140. The van der Waals surface area contributed by atoms with E-state index in [1.165, 1.54) is 7.11 Å². The smallest absolute Gasteiger partial charge is 0.327 e. The molecular weight excluding hydrogens is 338 g/mol. The standard InChI is InChI=1S/C22H19N3O2/c1-27-22(26)20(15-23)19-14-18(24-16-8-4-2-5-9-16)12-13-21(19)25-17-10-6-3-7-11-17/h2-14,20,24-25H,1H3. The number of methoxy groups -OCH3 is 1. The highest BCUT2D eigenvalue weighted by molar-refractivity contribution is 5.85. The first-order chi connectivity index (χ1) is 13.2. The normalized spacial score (nSPS) is 11.1. The van der Waals surface area contributed by atoms with Gasteiger partial charge in [-0.3, -0.25) is 4.79 Å². The van der Waals surface area contributed by atoms with Crippen LogP contribution in [0.15, 0.2) is 78.9 Å². The van der Waals surface area contributed by atoms with Gasteiger partial charge in [0.15, 0.2) is 5.92 Å². The molecule has 0 fully saturated rings. The van der Waals surface area contributed by atoms with Gasteiger partial charge < -0.3 is 15.4 Å². The summed E-state index contributed by atoms with van der Waals surface area (Å²) in [6.07, 6.45) is 0. The molecule has 0 saturated carbocycles. The van der Waals surface area contributed by atoms with Gasteiger partial charge in [0.25, 0.3) is 0 Å². The largest absolute Gasteiger partial charge is 0.468 e. The first kappa shape index (κ1) is 18.0. The molecule has 3 aromatic rings. The second kappa shape index (κ2) is 8.54. The van der Waals surface area contributed by atoms with Crippen molar-refractivity contribution >= 4 is 28.7 Å². The molecule has 0 aliphatic carbocycles. The highest BCUT2D eigenvalue weighted by Crippen LogP contribution is 2.32.